The smallest absolute Gasteiger partial charge is 0.343 e. The summed E-state index contributed by atoms with van der Waals surface area (Å²) in [6.07, 6.45) is 5.32. The van der Waals surface area contributed by atoms with E-state index in [4.69, 9.17) is 4.74 Å². The number of carbonyl (C=O) groups is 1. The SMILES string of the molecule is CCCC[n+]1ccn(CCOC(=O)[C@](O)(c2ccccc2)[C@H]2CCC(F)(F)C2)c1C.[Br-]. The van der Waals surface area contributed by atoms with E-state index in [0.29, 0.717) is 12.1 Å². The summed E-state index contributed by atoms with van der Waals surface area (Å²) < 4.78 is 37.2. The van der Waals surface area contributed by atoms with Crippen molar-refractivity contribution < 1.29 is 45.0 Å². The third-order valence-corrected chi connectivity index (χ3v) is 6.10. The van der Waals surface area contributed by atoms with Gasteiger partial charge in [0.2, 0.25) is 5.92 Å². The highest BCUT2D eigenvalue weighted by Crippen LogP contribution is 2.47. The van der Waals surface area contributed by atoms with E-state index in [1.807, 2.05) is 23.9 Å². The van der Waals surface area contributed by atoms with Crippen molar-refractivity contribution in [2.75, 3.05) is 6.61 Å². The van der Waals surface area contributed by atoms with Crippen LogP contribution in [0.2, 0.25) is 0 Å². The van der Waals surface area contributed by atoms with Gasteiger partial charge in [0.15, 0.2) is 5.60 Å². The van der Waals surface area contributed by atoms with Crippen molar-refractivity contribution in [3.05, 3.63) is 54.1 Å². The monoisotopic (exact) mass is 500 g/mol. The maximum atomic E-state index is 13.8. The Hall–Kier alpha value is -1.80. The fourth-order valence-corrected chi connectivity index (χ4v) is 4.21. The number of esters is 1. The molecule has 1 aromatic heterocycles. The molecule has 2 aromatic rings. The number of alkyl halides is 2. The molecule has 1 saturated carbocycles. The molecule has 31 heavy (non-hydrogen) atoms. The molecule has 172 valence electrons. The summed E-state index contributed by atoms with van der Waals surface area (Å²) in [5.74, 6) is -3.57. The molecule has 0 spiro atoms. The van der Waals surface area contributed by atoms with Crippen molar-refractivity contribution in [2.45, 2.75) is 70.6 Å². The number of carbonyl (C=O) groups excluding carboxylic acids is 1. The van der Waals surface area contributed by atoms with E-state index >= 15 is 0 Å². The third-order valence-electron chi connectivity index (χ3n) is 6.10. The Labute approximate surface area is 192 Å². The molecule has 0 radical (unpaired) electrons. The second-order valence-corrected chi connectivity index (χ2v) is 8.15. The average Bonchev–Trinajstić information content (AvgIpc) is 3.28. The highest BCUT2D eigenvalue weighted by molar-refractivity contribution is 5.81. The van der Waals surface area contributed by atoms with E-state index in [9.17, 15) is 18.7 Å². The fourth-order valence-electron chi connectivity index (χ4n) is 4.21. The second kappa shape index (κ2) is 10.7. The molecule has 3 rings (SSSR count). The summed E-state index contributed by atoms with van der Waals surface area (Å²) in [6.45, 7) is 5.56. The Morgan fingerprint density at radius 1 is 1.35 bits per heavy atom. The Kier molecular flexibility index (Phi) is 8.77. The lowest BCUT2D eigenvalue weighted by Gasteiger charge is -2.32. The topological polar surface area (TPSA) is 55.3 Å². The lowest BCUT2D eigenvalue weighted by atomic mass is 9.80. The quantitative estimate of drug-likeness (QED) is 0.408. The Balaban J connectivity index is 0.00000341. The molecule has 0 unspecified atom stereocenters. The zero-order valence-electron chi connectivity index (χ0n) is 18.1. The van der Waals surface area contributed by atoms with Gasteiger partial charge in [-0.1, -0.05) is 43.7 Å². The third kappa shape index (κ3) is 5.71. The van der Waals surface area contributed by atoms with Gasteiger partial charge in [-0.15, -0.1) is 0 Å². The number of rotatable bonds is 9. The zero-order valence-corrected chi connectivity index (χ0v) is 19.7. The van der Waals surface area contributed by atoms with Gasteiger partial charge >= 0.3 is 5.97 Å². The summed E-state index contributed by atoms with van der Waals surface area (Å²) in [5.41, 5.74) is -1.78. The highest BCUT2D eigenvalue weighted by Gasteiger charge is 2.54. The van der Waals surface area contributed by atoms with E-state index in [-0.39, 0.29) is 36.4 Å². The van der Waals surface area contributed by atoms with Crippen LogP contribution in [0.25, 0.3) is 0 Å². The predicted octanol–water partition coefficient (Wildman–Crippen LogP) is 0.755. The van der Waals surface area contributed by atoms with Gasteiger partial charge in [-0.05, 0) is 18.4 Å². The number of imidazole rings is 1. The van der Waals surface area contributed by atoms with Crippen molar-refractivity contribution in [2.24, 2.45) is 5.92 Å². The first kappa shape index (κ1) is 25.5. The molecule has 0 amide bonds. The van der Waals surface area contributed by atoms with E-state index in [0.717, 1.165) is 25.2 Å². The van der Waals surface area contributed by atoms with Crippen molar-refractivity contribution in [3.63, 3.8) is 0 Å². The van der Waals surface area contributed by atoms with Crippen molar-refractivity contribution in [1.82, 2.24) is 4.57 Å². The minimum absolute atomic E-state index is 0. The Morgan fingerprint density at radius 3 is 2.68 bits per heavy atom. The van der Waals surface area contributed by atoms with Crippen LogP contribution >= 0.6 is 0 Å². The largest absolute Gasteiger partial charge is 1.00 e. The maximum absolute atomic E-state index is 13.8. The normalized spacial score (nSPS) is 19.5. The van der Waals surface area contributed by atoms with Crippen molar-refractivity contribution in [3.8, 4) is 0 Å². The minimum Gasteiger partial charge on any atom is -1.00 e. The maximum Gasteiger partial charge on any atom is 0.343 e. The summed E-state index contributed by atoms with van der Waals surface area (Å²) in [7, 11) is 0. The molecule has 1 N–H and O–H groups in total. The first-order valence-electron chi connectivity index (χ1n) is 10.7. The number of nitrogens with zero attached hydrogens (tertiary/aromatic N) is 2. The second-order valence-electron chi connectivity index (χ2n) is 8.15. The van der Waals surface area contributed by atoms with Gasteiger partial charge < -0.3 is 26.8 Å². The number of benzene rings is 1. The van der Waals surface area contributed by atoms with Crippen LogP contribution in [0.4, 0.5) is 8.78 Å². The average molecular weight is 501 g/mol. The highest BCUT2D eigenvalue weighted by atomic mass is 79.9. The fraction of sp³-hybridized carbons (Fsp3) is 0.565. The zero-order chi connectivity index (χ0) is 21.8. The lowest BCUT2D eigenvalue weighted by Crippen LogP contribution is -3.00. The molecule has 1 heterocycles. The van der Waals surface area contributed by atoms with E-state index in [1.54, 1.807) is 30.3 Å². The van der Waals surface area contributed by atoms with Crippen LogP contribution < -0.4 is 21.5 Å². The van der Waals surface area contributed by atoms with Gasteiger partial charge in [-0.25, -0.2) is 22.7 Å². The number of hydrogen-bond donors (Lipinski definition) is 1. The molecule has 0 saturated heterocycles. The number of halogens is 3. The van der Waals surface area contributed by atoms with Gasteiger partial charge in [0, 0.05) is 25.7 Å². The molecule has 2 atom stereocenters. The number of unbranched alkanes of at least 4 members (excludes halogenated alkanes) is 1. The van der Waals surface area contributed by atoms with Crippen LogP contribution in [0.15, 0.2) is 42.7 Å². The number of hydrogen-bond acceptors (Lipinski definition) is 3. The molecule has 5 nitrogen and oxygen atoms in total. The van der Waals surface area contributed by atoms with Crippen LogP contribution in [0.5, 0.6) is 0 Å². The lowest BCUT2D eigenvalue weighted by molar-refractivity contribution is -0.702. The summed E-state index contributed by atoms with van der Waals surface area (Å²) in [4.78, 5) is 13.0. The summed E-state index contributed by atoms with van der Waals surface area (Å²) in [5, 5.41) is 11.3. The molecule has 1 fully saturated rings. The van der Waals surface area contributed by atoms with Gasteiger partial charge in [0.25, 0.3) is 5.82 Å². The molecular formula is C23H31BrF2N2O3. The minimum atomic E-state index is -2.87. The molecule has 1 aliphatic rings. The van der Waals surface area contributed by atoms with Crippen LogP contribution in [-0.4, -0.2) is 28.2 Å². The number of aromatic nitrogens is 2. The molecule has 0 bridgehead atoms. The van der Waals surface area contributed by atoms with E-state index < -0.39 is 29.8 Å². The standard InChI is InChI=1S/C23H31F2N2O3.BrH/c1-3-4-12-26-13-14-27(18(26)2)15-16-30-21(28)23(29,19-8-6-5-7-9-19)20-10-11-22(24,25)17-20;/h5-9,13-14,20,29H,3-4,10-12,15-17H2,1-2H3;1H/q+1;/p-1/t20-,23-;/m0./s1. The number of ether oxygens (including phenoxy) is 1. The van der Waals surface area contributed by atoms with Gasteiger partial charge in [0.05, 0.1) is 6.54 Å². The number of aryl methyl sites for hydroxylation is 1. The van der Waals surface area contributed by atoms with Gasteiger partial charge in [0.1, 0.15) is 25.5 Å². The van der Waals surface area contributed by atoms with Crippen molar-refractivity contribution in [1.29, 1.82) is 0 Å². The Morgan fingerprint density at radius 2 is 2.06 bits per heavy atom. The van der Waals surface area contributed by atoms with Crippen LogP contribution in [0.1, 0.15) is 50.4 Å². The molecule has 8 heteroatoms. The van der Waals surface area contributed by atoms with Crippen LogP contribution in [-0.2, 0) is 28.2 Å². The van der Waals surface area contributed by atoms with Gasteiger partial charge in [-0.3, -0.25) is 0 Å². The number of aliphatic hydroxyl groups is 1. The van der Waals surface area contributed by atoms with Crippen molar-refractivity contribution >= 4 is 5.97 Å². The molecule has 1 aromatic carbocycles. The van der Waals surface area contributed by atoms with Crippen LogP contribution in [0.3, 0.4) is 0 Å². The first-order chi connectivity index (χ1) is 14.3. The summed E-state index contributed by atoms with van der Waals surface area (Å²) in [6, 6.07) is 8.29. The van der Waals surface area contributed by atoms with Crippen LogP contribution in [0, 0.1) is 12.8 Å². The molecule has 1 aliphatic carbocycles. The van der Waals surface area contributed by atoms with E-state index in [2.05, 4.69) is 11.5 Å². The molecule has 0 aliphatic heterocycles. The predicted molar refractivity (Wildman–Crippen MR) is 108 cm³/mol. The summed E-state index contributed by atoms with van der Waals surface area (Å²) >= 11 is 0. The van der Waals surface area contributed by atoms with Gasteiger partial charge in [-0.2, -0.15) is 0 Å². The van der Waals surface area contributed by atoms with E-state index in [1.165, 1.54) is 0 Å². The Bertz CT molecular complexity index is 860. The first-order valence-corrected chi connectivity index (χ1v) is 10.7. The molecular weight excluding hydrogens is 470 g/mol.